The molecule has 7 heteroatoms. The van der Waals surface area contributed by atoms with Gasteiger partial charge in [0.2, 0.25) is 17.7 Å². The number of nitrogens with zero attached hydrogens (tertiary/aromatic N) is 1. The van der Waals surface area contributed by atoms with Crippen LogP contribution in [0.3, 0.4) is 0 Å². The number of amides is 3. The molecule has 7 nitrogen and oxygen atoms in total. The van der Waals surface area contributed by atoms with Crippen LogP contribution in [0, 0.1) is 0 Å². The smallest absolute Gasteiger partial charge is 0.239 e. The van der Waals surface area contributed by atoms with Crippen molar-refractivity contribution in [3.8, 4) is 0 Å². The molecule has 0 bridgehead atoms. The van der Waals surface area contributed by atoms with E-state index in [0.29, 0.717) is 6.54 Å². The summed E-state index contributed by atoms with van der Waals surface area (Å²) in [5.74, 6) is -0.704. The van der Waals surface area contributed by atoms with E-state index in [1.807, 2.05) is 42.5 Å². The zero-order chi connectivity index (χ0) is 18.6. The maximum Gasteiger partial charge on any atom is 0.239 e. The van der Waals surface area contributed by atoms with Gasteiger partial charge < -0.3 is 16.0 Å². The molecule has 0 atom stereocenters. The first kappa shape index (κ1) is 19.1. The summed E-state index contributed by atoms with van der Waals surface area (Å²) in [6.45, 7) is 0.532. The quantitative estimate of drug-likeness (QED) is 0.613. The molecule has 0 aliphatic rings. The topological polar surface area (TPSA) is 100 Å². The Balaban J connectivity index is 1.55. The Kier molecular flexibility index (Phi) is 7.79. The Morgan fingerprint density at radius 3 is 2.23 bits per heavy atom. The van der Waals surface area contributed by atoms with Gasteiger partial charge in [-0.15, -0.1) is 0 Å². The normalized spacial score (nSPS) is 10.0. The highest BCUT2D eigenvalue weighted by Crippen LogP contribution is 1.99. The van der Waals surface area contributed by atoms with Crippen molar-refractivity contribution in [3.05, 3.63) is 66.0 Å². The Labute approximate surface area is 152 Å². The maximum absolute atomic E-state index is 11.8. The molecule has 2 rings (SSSR count). The number of hydrogen-bond donors (Lipinski definition) is 3. The van der Waals surface area contributed by atoms with Gasteiger partial charge in [0.25, 0.3) is 0 Å². The van der Waals surface area contributed by atoms with E-state index in [2.05, 4.69) is 20.9 Å². The molecule has 26 heavy (non-hydrogen) atoms. The predicted octanol–water partition coefficient (Wildman–Crippen LogP) is 0.563. The summed E-state index contributed by atoms with van der Waals surface area (Å²) in [5.41, 5.74) is 1.84. The Morgan fingerprint density at radius 1 is 0.769 bits per heavy atom. The molecule has 3 N–H and O–H groups in total. The van der Waals surface area contributed by atoms with Crippen LogP contribution in [-0.2, 0) is 27.3 Å². The van der Waals surface area contributed by atoms with Crippen LogP contribution in [0.15, 0.2) is 54.9 Å². The summed E-state index contributed by atoms with van der Waals surface area (Å²) in [4.78, 5) is 39.1. The van der Waals surface area contributed by atoms with E-state index in [-0.39, 0.29) is 43.7 Å². The zero-order valence-electron chi connectivity index (χ0n) is 14.4. The molecule has 3 amide bonds. The molecule has 0 unspecified atom stereocenters. The molecule has 0 aliphatic carbocycles. The van der Waals surface area contributed by atoms with E-state index in [4.69, 9.17) is 0 Å². The minimum absolute atomic E-state index is 0.107. The molecule has 0 aliphatic heterocycles. The second kappa shape index (κ2) is 10.6. The van der Waals surface area contributed by atoms with Crippen LogP contribution in [-0.4, -0.2) is 35.8 Å². The molecule has 0 fully saturated rings. The molecule has 2 aromatic rings. The van der Waals surface area contributed by atoms with Gasteiger partial charge in [0.15, 0.2) is 0 Å². The van der Waals surface area contributed by atoms with Gasteiger partial charge in [-0.2, -0.15) is 0 Å². The summed E-state index contributed by atoms with van der Waals surface area (Å²) in [7, 11) is 0. The van der Waals surface area contributed by atoms with Crippen LogP contribution >= 0.6 is 0 Å². The van der Waals surface area contributed by atoms with E-state index < -0.39 is 0 Å². The van der Waals surface area contributed by atoms with Crippen molar-refractivity contribution in [3.63, 3.8) is 0 Å². The van der Waals surface area contributed by atoms with Crippen molar-refractivity contribution in [2.24, 2.45) is 0 Å². The first-order chi connectivity index (χ1) is 12.6. The van der Waals surface area contributed by atoms with Crippen LogP contribution in [0.1, 0.15) is 17.5 Å². The van der Waals surface area contributed by atoms with Crippen molar-refractivity contribution in [1.82, 2.24) is 20.9 Å². The Bertz CT molecular complexity index is 720. The van der Waals surface area contributed by atoms with E-state index >= 15 is 0 Å². The minimum Gasteiger partial charge on any atom is -0.354 e. The lowest BCUT2D eigenvalue weighted by Gasteiger charge is -2.08. The molecule has 136 valence electrons. The lowest BCUT2D eigenvalue weighted by molar-refractivity contribution is -0.126. The number of carbonyl (C=O) groups is 3. The van der Waals surface area contributed by atoms with Gasteiger partial charge in [0, 0.05) is 31.9 Å². The Hall–Kier alpha value is -3.22. The minimum atomic E-state index is -0.326. The summed E-state index contributed by atoms with van der Waals surface area (Å²) >= 11 is 0. The third-order valence-electron chi connectivity index (χ3n) is 3.57. The van der Waals surface area contributed by atoms with Crippen LogP contribution in [0.2, 0.25) is 0 Å². The second-order valence-electron chi connectivity index (χ2n) is 5.67. The molecule has 0 saturated heterocycles. The SMILES string of the molecule is O=C(CCNC(=O)CNC(=O)Cc1ccccc1)NCc1ccncc1. The third-order valence-corrected chi connectivity index (χ3v) is 3.57. The van der Waals surface area contributed by atoms with E-state index in [1.165, 1.54) is 0 Å². The number of hydrogen-bond acceptors (Lipinski definition) is 4. The fourth-order valence-electron chi connectivity index (χ4n) is 2.19. The van der Waals surface area contributed by atoms with E-state index in [1.54, 1.807) is 12.4 Å². The van der Waals surface area contributed by atoms with Gasteiger partial charge in [-0.3, -0.25) is 19.4 Å². The van der Waals surface area contributed by atoms with Gasteiger partial charge >= 0.3 is 0 Å². The molecular formula is C19H22N4O3. The monoisotopic (exact) mass is 354 g/mol. The highest BCUT2D eigenvalue weighted by Gasteiger charge is 2.07. The maximum atomic E-state index is 11.8. The van der Waals surface area contributed by atoms with Gasteiger partial charge in [-0.1, -0.05) is 30.3 Å². The van der Waals surface area contributed by atoms with E-state index in [9.17, 15) is 14.4 Å². The Morgan fingerprint density at radius 2 is 1.50 bits per heavy atom. The standard InChI is InChI=1S/C19H22N4O3/c24-17(22-13-16-6-9-20-10-7-16)8-11-21-19(26)14-23-18(25)12-15-4-2-1-3-5-15/h1-7,9-10H,8,11-14H2,(H,21,26)(H,22,24)(H,23,25). The second-order valence-corrected chi connectivity index (χ2v) is 5.67. The third kappa shape index (κ3) is 7.57. The van der Waals surface area contributed by atoms with Crippen LogP contribution in [0.4, 0.5) is 0 Å². The molecule has 1 aromatic carbocycles. The molecule has 1 heterocycles. The fourth-order valence-corrected chi connectivity index (χ4v) is 2.19. The fraction of sp³-hybridized carbons (Fsp3) is 0.263. The summed E-state index contributed by atoms with van der Waals surface area (Å²) < 4.78 is 0. The van der Waals surface area contributed by atoms with Crippen LogP contribution < -0.4 is 16.0 Å². The first-order valence-corrected chi connectivity index (χ1v) is 8.36. The number of carbonyl (C=O) groups excluding carboxylic acids is 3. The zero-order valence-corrected chi connectivity index (χ0v) is 14.4. The van der Waals surface area contributed by atoms with Gasteiger partial charge in [0.1, 0.15) is 0 Å². The average molecular weight is 354 g/mol. The molecule has 0 saturated carbocycles. The van der Waals surface area contributed by atoms with Crippen molar-refractivity contribution >= 4 is 17.7 Å². The number of rotatable bonds is 9. The number of nitrogens with one attached hydrogen (secondary N) is 3. The van der Waals surface area contributed by atoms with Gasteiger partial charge in [0.05, 0.1) is 13.0 Å². The molecular weight excluding hydrogens is 332 g/mol. The van der Waals surface area contributed by atoms with E-state index in [0.717, 1.165) is 11.1 Å². The van der Waals surface area contributed by atoms with Gasteiger partial charge in [-0.25, -0.2) is 0 Å². The highest BCUT2D eigenvalue weighted by atomic mass is 16.2. The largest absolute Gasteiger partial charge is 0.354 e. The first-order valence-electron chi connectivity index (χ1n) is 8.36. The van der Waals surface area contributed by atoms with Crippen molar-refractivity contribution in [1.29, 1.82) is 0 Å². The lowest BCUT2D eigenvalue weighted by Crippen LogP contribution is -2.39. The summed E-state index contributed by atoms with van der Waals surface area (Å²) in [5, 5.41) is 7.93. The lowest BCUT2D eigenvalue weighted by atomic mass is 10.1. The van der Waals surface area contributed by atoms with Gasteiger partial charge in [-0.05, 0) is 23.3 Å². The number of benzene rings is 1. The number of aromatic nitrogens is 1. The van der Waals surface area contributed by atoms with Crippen LogP contribution in [0.5, 0.6) is 0 Å². The van der Waals surface area contributed by atoms with Crippen molar-refractivity contribution in [2.45, 2.75) is 19.4 Å². The summed E-state index contributed by atoms with van der Waals surface area (Å²) in [6, 6.07) is 12.9. The average Bonchev–Trinajstić information content (AvgIpc) is 2.66. The molecule has 0 radical (unpaired) electrons. The van der Waals surface area contributed by atoms with Crippen molar-refractivity contribution in [2.75, 3.05) is 13.1 Å². The predicted molar refractivity (Wildman–Crippen MR) is 96.9 cm³/mol. The molecule has 1 aromatic heterocycles. The highest BCUT2D eigenvalue weighted by molar-refractivity contribution is 5.86. The van der Waals surface area contributed by atoms with Crippen LogP contribution in [0.25, 0.3) is 0 Å². The number of pyridine rings is 1. The molecule has 0 spiro atoms. The van der Waals surface area contributed by atoms with Crippen molar-refractivity contribution < 1.29 is 14.4 Å². The summed E-state index contributed by atoms with van der Waals surface area (Å²) in [6.07, 6.45) is 3.72.